The molecule has 3 aliphatic rings. The Morgan fingerprint density at radius 1 is 1.07 bits per heavy atom. The van der Waals surface area contributed by atoms with Crippen molar-refractivity contribution in [3.05, 3.63) is 34.7 Å². The van der Waals surface area contributed by atoms with Crippen molar-refractivity contribution in [3.63, 3.8) is 0 Å². The SMILES string of the molecule is CC(=O)N1CCOC(c2c(C(=O)N3CCC4(CCCCC4)C3)sc3ccccc23)C1. The Balaban J connectivity index is 1.48. The fourth-order valence-electron chi connectivity index (χ4n) is 5.62. The highest BCUT2D eigenvalue weighted by atomic mass is 32.1. The van der Waals surface area contributed by atoms with Crippen molar-refractivity contribution in [1.29, 1.82) is 0 Å². The second kappa shape index (κ2) is 7.97. The molecule has 1 spiro atoms. The minimum atomic E-state index is -0.246. The Morgan fingerprint density at radius 3 is 2.67 bits per heavy atom. The Kier molecular flexibility index (Phi) is 5.31. The third-order valence-corrected chi connectivity index (χ3v) is 8.48. The molecule has 1 atom stereocenters. The minimum Gasteiger partial charge on any atom is -0.370 e. The van der Waals surface area contributed by atoms with Crippen LogP contribution in [0.15, 0.2) is 24.3 Å². The average molecular weight is 427 g/mol. The molecule has 2 aliphatic heterocycles. The highest BCUT2D eigenvalue weighted by molar-refractivity contribution is 7.21. The number of rotatable bonds is 2. The van der Waals surface area contributed by atoms with Crippen molar-refractivity contribution < 1.29 is 14.3 Å². The maximum absolute atomic E-state index is 13.7. The van der Waals surface area contributed by atoms with Crippen LogP contribution in [0.3, 0.4) is 0 Å². The zero-order valence-electron chi connectivity index (χ0n) is 17.7. The predicted octanol–water partition coefficient (Wildman–Crippen LogP) is 4.62. The Hall–Kier alpha value is -1.92. The molecule has 160 valence electrons. The predicted molar refractivity (Wildman–Crippen MR) is 119 cm³/mol. The van der Waals surface area contributed by atoms with Crippen molar-refractivity contribution in [2.24, 2.45) is 5.41 Å². The smallest absolute Gasteiger partial charge is 0.264 e. The van der Waals surface area contributed by atoms with Gasteiger partial charge >= 0.3 is 0 Å². The molecule has 2 amide bonds. The first-order chi connectivity index (χ1) is 14.6. The van der Waals surface area contributed by atoms with Crippen molar-refractivity contribution in [1.82, 2.24) is 9.80 Å². The summed E-state index contributed by atoms with van der Waals surface area (Å²) in [6.45, 7) is 5.00. The van der Waals surface area contributed by atoms with Gasteiger partial charge in [-0.25, -0.2) is 0 Å². The van der Waals surface area contributed by atoms with Crippen LogP contribution < -0.4 is 0 Å². The molecule has 1 aromatic heterocycles. The van der Waals surface area contributed by atoms with Crippen LogP contribution >= 0.6 is 11.3 Å². The van der Waals surface area contributed by atoms with Gasteiger partial charge < -0.3 is 14.5 Å². The molecule has 1 aliphatic carbocycles. The summed E-state index contributed by atoms with van der Waals surface area (Å²) in [5.41, 5.74) is 1.33. The molecule has 2 aromatic rings. The molecule has 1 saturated carbocycles. The van der Waals surface area contributed by atoms with Gasteiger partial charge in [-0.3, -0.25) is 9.59 Å². The molecule has 3 fully saturated rings. The summed E-state index contributed by atoms with van der Waals surface area (Å²) < 4.78 is 7.23. The Bertz CT molecular complexity index is 963. The van der Waals surface area contributed by atoms with Crippen molar-refractivity contribution in [2.75, 3.05) is 32.8 Å². The lowest BCUT2D eigenvalue weighted by molar-refractivity contribution is -0.136. The number of benzene rings is 1. The molecule has 5 nitrogen and oxygen atoms in total. The van der Waals surface area contributed by atoms with Gasteiger partial charge in [0.2, 0.25) is 5.91 Å². The number of likely N-dealkylation sites (tertiary alicyclic amines) is 1. The summed E-state index contributed by atoms with van der Waals surface area (Å²) in [5, 5.41) is 1.09. The van der Waals surface area contributed by atoms with Gasteiger partial charge in [-0.05, 0) is 36.1 Å². The van der Waals surface area contributed by atoms with Crippen LogP contribution in [-0.2, 0) is 9.53 Å². The van der Waals surface area contributed by atoms with Crippen LogP contribution in [0.4, 0.5) is 0 Å². The van der Waals surface area contributed by atoms with Crippen LogP contribution in [-0.4, -0.2) is 54.4 Å². The average Bonchev–Trinajstić information content (AvgIpc) is 3.36. The van der Waals surface area contributed by atoms with E-state index in [2.05, 4.69) is 17.0 Å². The van der Waals surface area contributed by atoms with E-state index in [1.807, 2.05) is 17.0 Å². The summed E-state index contributed by atoms with van der Waals surface area (Å²) in [7, 11) is 0. The maximum atomic E-state index is 13.7. The molecule has 3 heterocycles. The van der Waals surface area contributed by atoms with Gasteiger partial charge in [0.25, 0.3) is 5.91 Å². The van der Waals surface area contributed by atoms with E-state index < -0.39 is 0 Å². The van der Waals surface area contributed by atoms with Crippen LogP contribution in [0.5, 0.6) is 0 Å². The number of morpholine rings is 1. The number of hydrogen-bond acceptors (Lipinski definition) is 4. The number of carbonyl (C=O) groups excluding carboxylic acids is 2. The molecular weight excluding hydrogens is 396 g/mol. The van der Waals surface area contributed by atoms with E-state index in [9.17, 15) is 9.59 Å². The van der Waals surface area contributed by atoms with E-state index in [1.165, 1.54) is 32.1 Å². The van der Waals surface area contributed by atoms with E-state index in [0.29, 0.717) is 25.1 Å². The summed E-state index contributed by atoms with van der Waals surface area (Å²) in [6.07, 6.45) is 7.34. The van der Waals surface area contributed by atoms with Gasteiger partial charge in [-0.2, -0.15) is 0 Å². The lowest BCUT2D eigenvalue weighted by atomic mass is 9.73. The van der Waals surface area contributed by atoms with Crippen molar-refractivity contribution in [2.45, 2.75) is 51.6 Å². The molecule has 1 unspecified atom stereocenters. The second-order valence-electron chi connectivity index (χ2n) is 9.20. The van der Waals surface area contributed by atoms with Crippen molar-refractivity contribution in [3.8, 4) is 0 Å². The lowest BCUT2D eigenvalue weighted by Crippen LogP contribution is -2.41. The van der Waals surface area contributed by atoms with E-state index in [1.54, 1.807) is 18.3 Å². The number of fused-ring (bicyclic) bond motifs is 1. The summed E-state index contributed by atoms with van der Waals surface area (Å²) in [6, 6.07) is 8.21. The molecule has 0 radical (unpaired) electrons. The Labute approximate surface area is 182 Å². The van der Waals surface area contributed by atoms with Crippen LogP contribution in [0.25, 0.3) is 10.1 Å². The molecule has 6 heteroatoms. The topological polar surface area (TPSA) is 49.9 Å². The van der Waals surface area contributed by atoms with Gasteiger partial charge in [-0.15, -0.1) is 11.3 Å². The van der Waals surface area contributed by atoms with Gasteiger partial charge in [0.05, 0.1) is 18.0 Å². The summed E-state index contributed by atoms with van der Waals surface area (Å²) in [5.74, 6) is 0.215. The van der Waals surface area contributed by atoms with E-state index in [0.717, 1.165) is 40.0 Å². The first kappa shape index (κ1) is 20.0. The molecule has 30 heavy (non-hydrogen) atoms. The molecule has 0 N–H and O–H groups in total. The van der Waals surface area contributed by atoms with Gasteiger partial charge in [0, 0.05) is 36.8 Å². The summed E-state index contributed by atoms with van der Waals surface area (Å²) >= 11 is 1.58. The zero-order chi connectivity index (χ0) is 20.7. The third-order valence-electron chi connectivity index (χ3n) is 7.30. The number of hydrogen-bond donors (Lipinski definition) is 0. The van der Waals surface area contributed by atoms with E-state index in [4.69, 9.17) is 4.74 Å². The number of thiophene rings is 1. The van der Waals surface area contributed by atoms with Crippen LogP contribution in [0, 0.1) is 5.41 Å². The number of amides is 2. The molecular formula is C24H30N2O3S. The highest BCUT2D eigenvalue weighted by Gasteiger charge is 2.42. The Morgan fingerprint density at radius 2 is 1.87 bits per heavy atom. The van der Waals surface area contributed by atoms with E-state index >= 15 is 0 Å². The number of nitrogens with zero attached hydrogens (tertiary/aromatic N) is 2. The quantitative estimate of drug-likeness (QED) is 0.704. The first-order valence-corrected chi connectivity index (χ1v) is 12.1. The van der Waals surface area contributed by atoms with Gasteiger partial charge in [0.15, 0.2) is 0 Å². The van der Waals surface area contributed by atoms with Gasteiger partial charge in [-0.1, -0.05) is 37.5 Å². The molecule has 1 aromatic carbocycles. The fourth-order valence-corrected chi connectivity index (χ4v) is 6.84. The third kappa shape index (κ3) is 3.54. The van der Waals surface area contributed by atoms with Crippen LogP contribution in [0.2, 0.25) is 0 Å². The second-order valence-corrected chi connectivity index (χ2v) is 10.3. The lowest BCUT2D eigenvalue weighted by Gasteiger charge is -2.34. The summed E-state index contributed by atoms with van der Waals surface area (Å²) in [4.78, 5) is 30.4. The largest absolute Gasteiger partial charge is 0.370 e. The standard InChI is InChI=1S/C24H30N2O3S/c1-17(27)25-13-14-29-19(15-25)21-18-7-3-4-8-20(18)30-22(21)23(28)26-12-11-24(16-26)9-5-2-6-10-24/h3-4,7-8,19H,2,5-6,9-16H2,1H3. The minimum absolute atomic E-state index is 0.0643. The van der Waals surface area contributed by atoms with Crippen LogP contribution in [0.1, 0.15) is 66.8 Å². The zero-order valence-corrected chi connectivity index (χ0v) is 18.5. The monoisotopic (exact) mass is 426 g/mol. The van der Waals surface area contributed by atoms with Gasteiger partial charge in [0.1, 0.15) is 6.10 Å². The maximum Gasteiger partial charge on any atom is 0.264 e. The van der Waals surface area contributed by atoms with Crippen molar-refractivity contribution >= 4 is 33.2 Å². The normalized spacial score (nSPS) is 24.0. The number of ether oxygens (including phenoxy) is 1. The molecule has 0 bridgehead atoms. The number of carbonyl (C=O) groups is 2. The fraction of sp³-hybridized carbons (Fsp3) is 0.583. The van der Waals surface area contributed by atoms with E-state index in [-0.39, 0.29) is 17.9 Å². The molecule has 5 rings (SSSR count). The molecule has 2 saturated heterocycles. The first-order valence-electron chi connectivity index (χ1n) is 11.2. The highest BCUT2D eigenvalue weighted by Crippen LogP contribution is 2.45.